The zero-order valence-corrected chi connectivity index (χ0v) is 13.8. The lowest BCUT2D eigenvalue weighted by atomic mass is 9.89. The minimum atomic E-state index is 0.387. The smallest absolute Gasteiger partial charge is 0.132 e. The molecule has 0 spiro atoms. The Kier molecular flexibility index (Phi) is 4.26. The molecular formula is C17H25N3O. The summed E-state index contributed by atoms with van der Waals surface area (Å²) in [5.74, 6) is 2.34. The number of aromatic nitrogens is 2. The zero-order chi connectivity index (χ0) is 15.7. The van der Waals surface area contributed by atoms with Crippen LogP contribution in [0.5, 0.6) is 5.75 Å². The van der Waals surface area contributed by atoms with Crippen LogP contribution >= 0.6 is 0 Å². The fourth-order valence-corrected chi connectivity index (χ4v) is 2.64. The monoisotopic (exact) mass is 287 g/mol. The van der Waals surface area contributed by atoms with Crippen LogP contribution in [0.4, 0.5) is 5.82 Å². The predicted molar refractivity (Wildman–Crippen MR) is 87.8 cm³/mol. The first-order chi connectivity index (χ1) is 9.86. The van der Waals surface area contributed by atoms with Crippen molar-refractivity contribution in [2.45, 2.75) is 39.5 Å². The standard InChI is InChI=1S/C17H25N3O/c1-10(2)12-7-8-13(11(3)4)17(21-6)16(12)14-9-15(18)20(5)19-14/h7-11H,18H2,1-6H3. The van der Waals surface area contributed by atoms with Crippen LogP contribution in [0.3, 0.4) is 0 Å². The molecule has 2 rings (SSSR count). The quantitative estimate of drug-likeness (QED) is 0.927. The Bertz CT molecular complexity index is 622. The lowest BCUT2D eigenvalue weighted by Gasteiger charge is -2.20. The highest BCUT2D eigenvalue weighted by molar-refractivity contribution is 5.75. The fourth-order valence-electron chi connectivity index (χ4n) is 2.64. The first kappa shape index (κ1) is 15.4. The van der Waals surface area contributed by atoms with Crippen LogP contribution in [-0.4, -0.2) is 16.9 Å². The first-order valence-corrected chi connectivity index (χ1v) is 7.37. The Morgan fingerprint density at radius 1 is 1.10 bits per heavy atom. The lowest BCUT2D eigenvalue weighted by molar-refractivity contribution is 0.408. The van der Waals surface area contributed by atoms with Crippen LogP contribution in [0.15, 0.2) is 18.2 Å². The van der Waals surface area contributed by atoms with E-state index in [2.05, 4.69) is 44.9 Å². The van der Waals surface area contributed by atoms with Crippen molar-refractivity contribution in [3.63, 3.8) is 0 Å². The van der Waals surface area contributed by atoms with Gasteiger partial charge in [-0.1, -0.05) is 39.8 Å². The van der Waals surface area contributed by atoms with Gasteiger partial charge in [-0.25, -0.2) is 0 Å². The number of nitrogen functional groups attached to an aromatic ring is 1. The van der Waals surface area contributed by atoms with E-state index in [0.717, 1.165) is 17.0 Å². The molecule has 0 unspecified atom stereocenters. The Morgan fingerprint density at radius 2 is 1.67 bits per heavy atom. The average molecular weight is 287 g/mol. The summed E-state index contributed by atoms with van der Waals surface area (Å²) in [4.78, 5) is 0. The number of anilines is 1. The maximum absolute atomic E-state index is 5.95. The number of rotatable bonds is 4. The van der Waals surface area contributed by atoms with E-state index in [1.807, 2.05) is 13.1 Å². The Hall–Kier alpha value is -1.97. The molecule has 1 aromatic heterocycles. The molecule has 4 heteroatoms. The molecule has 0 amide bonds. The number of nitrogens with zero attached hydrogens (tertiary/aromatic N) is 2. The van der Waals surface area contributed by atoms with Gasteiger partial charge in [0.05, 0.1) is 12.8 Å². The van der Waals surface area contributed by atoms with Crippen molar-refractivity contribution in [2.24, 2.45) is 7.05 Å². The van der Waals surface area contributed by atoms with E-state index >= 15 is 0 Å². The number of nitrogens with two attached hydrogens (primary N) is 1. The maximum atomic E-state index is 5.95. The van der Waals surface area contributed by atoms with Crippen LogP contribution in [-0.2, 0) is 7.05 Å². The summed E-state index contributed by atoms with van der Waals surface area (Å²) in [6, 6.07) is 6.26. The highest BCUT2D eigenvalue weighted by Crippen LogP contribution is 2.41. The van der Waals surface area contributed by atoms with Crippen LogP contribution in [0.25, 0.3) is 11.3 Å². The molecule has 0 saturated heterocycles. The van der Waals surface area contributed by atoms with Crippen molar-refractivity contribution in [1.82, 2.24) is 9.78 Å². The molecule has 2 aromatic rings. The average Bonchev–Trinajstić information content (AvgIpc) is 2.76. The van der Waals surface area contributed by atoms with Crippen molar-refractivity contribution in [3.05, 3.63) is 29.3 Å². The molecule has 21 heavy (non-hydrogen) atoms. The maximum Gasteiger partial charge on any atom is 0.132 e. The van der Waals surface area contributed by atoms with Crippen molar-refractivity contribution in [2.75, 3.05) is 12.8 Å². The van der Waals surface area contributed by atoms with Gasteiger partial charge in [-0.15, -0.1) is 0 Å². The third-order valence-electron chi connectivity index (χ3n) is 3.84. The predicted octanol–water partition coefficient (Wildman–Crippen LogP) is 3.92. The van der Waals surface area contributed by atoms with Gasteiger partial charge in [0.25, 0.3) is 0 Å². The van der Waals surface area contributed by atoms with E-state index in [4.69, 9.17) is 10.5 Å². The first-order valence-electron chi connectivity index (χ1n) is 7.37. The molecule has 0 radical (unpaired) electrons. The van der Waals surface area contributed by atoms with Gasteiger partial charge in [0.1, 0.15) is 11.6 Å². The molecule has 0 aliphatic rings. The Balaban J connectivity index is 2.78. The van der Waals surface area contributed by atoms with E-state index in [-0.39, 0.29) is 0 Å². The van der Waals surface area contributed by atoms with Crippen LogP contribution in [0.2, 0.25) is 0 Å². The number of hydrogen-bond acceptors (Lipinski definition) is 3. The van der Waals surface area contributed by atoms with Crippen LogP contribution < -0.4 is 10.5 Å². The summed E-state index contributed by atoms with van der Waals surface area (Å²) in [5, 5.41) is 4.54. The van der Waals surface area contributed by atoms with Crippen molar-refractivity contribution >= 4 is 5.82 Å². The van der Waals surface area contributed by atoms with Gasteiger partial charge in [0.2, 0.25) is 0 Å². The molecule has 0 bridgehead atoms. The van der Waals surface area contributed by atoms with E-state index < -0.39 is 0 Å². The van der Waals surface area contributed by atoms with Gasteiger partial charge in [0, 0.05) is 18.7 Å². The molecule has 0 saturated carbocycles. The van der Waals surface area contributed by atoms with Gasteiger partial charge in [-0.2, -0.15) is 5.10 Å². The summed E-state index contributed by atoms with van der Waals surface area (Å²) in [7, 11) is 3.58. The van der Waals surface area contributed by atoms with E-state index in [9.17, 15) is 0 Å². The van der Waals surface area contributed by atoms with Crippen molar-refractivity contribution < 1.29 is 4.74 Å². The van der Waals surface area contributed by atoms with Gasteiger partial charge in [-0.3, -0.25) is 4.68 Å². The number of aryl methyl sites for hydroxylation is 1. The van der Waals surface area contributed by atoms with Gasteiger partial charge in [0.15, 0.2) is 0 Å². The summed E-state index contributed by atoms with van der Waals surface area (Å²) >= 11 is 0. The highest BCUT2D eigenvalue weighted by atomic mass is 16.5. The number of methoxy groups -OCH3 is 1. The summed E-state index contributed by atoms with van der Waals surface area (Å²) < 4.78 is 7.44. The molecule has 2 N–H and O–H groups in total. The molecule has 0 aliphatic heterocycles. The van der Waals surface area contributed by atoms with E-state index in [1.54, 1.807) is 11.8 Å². The molecule has 0 aliphatic carbocycles. The second kappa shape index (κ2) is 5.80. The largest absolute Gasteiger partial charge is 0.496 e. The zero-order valence-electron chi connectivity index (χ0n) is 13.8. The highest BCUT2D eigenvalue weighted by Gasteiger charge is 2.21. The second-order valence-corrected chi connectivity index (χ2v) is 6.04. The molecule has 0 fully saturated rings. The van der Waals surface area contributed by atoms with E-state index in [0.29, 0.717) is 17.7 Å². The van der Waals surface area contributed by atoms with Crippen molar-refractivity contribution in [1.29, 1.82) is 0 Å². The minimum absolute atomic E-state index is 0.387. The van der Waals surface area contributed by atoms with Gasteiger partial charge in [-0.05, 0) is 23.0 Å². The molecule has 0 atom stereocenters. The van der Waals surface area contributed by atoms with E-state index in [1.165, 1.54) is 11.1 Å². The SMILES string of the molecule is COc1c(C(C)C)ccc(C(C)C)c1-c1cc(N)n(C)n1. The minimum Gasteiger partial charge on any atom is -0.496 e. The van der Waals surface area contributed by atoms with Crippen LogP contribution in [0, 0.1) is 0 Å². The summed E-state index contributed by atoms with van der Waals surface area (Å²) in [6.07, 6.45) is 0. The molecule has 1 aromatic carbocycles. The fraction of sp³-hybridized carbons (Fsp3) is 0.471. The normalized spacial score (nSPS) is 11.4. The third kappa shape index (κ3) is 2.75. The van der Waals surface area contributed by atoms with Gasteiger partial charge >= 0.3 is 0 Å². The van der Waals surface area contributed by atoms with Crippen LogP contribution in [0.1, 0.15) is 50.7 Å². The third-order valence-corrected chi connectivity index (χ3v) is 3.84. The molecular weight excluding hydrogens is 262 g/mol. The topological polar surface area (TPSA) is 53.1 Å². The Morgan fingerprint density at radius 3 is 2.10 bits per heavy atom. The number of benzene rings is 1. The molecule has 114 valence electrons. The Labute approximate surface area is 126 Å². The summed E-state index contributed by atoms with van der Waals surface area (Å²) in [6.45, 7) is 8.70. The van der Waals surface area contributed by atoms with Gasteiger partial charge < -0.3 is 10.5 Å². The summed E-state index contributed by atoms with van der Waals surface area (Å²) in [5.41, 5.74) is 10.3. The molecule has 4 nitrogen and oxygen atoms in total. The second-order valence-electron chi connectivity index (χ2n) is 6.04. The number of hydrogen-bond donors (Lipinski definition) is 1. The lowest BCUT2D eigenvalue weighted by Crippen LogP contribution is -2.02. The van der Waals surface area contributed by atoms with Crippen molar-refractivity contribution in [3.8, 4) is 17.0 Å². The number of ether oxygens (including phenoxy) is 1. The molecule has 1 heterocycles.